The third-order valence-corrected chi connectivity index (χ3v) is 1.74. The largest absolute Gasteiger partial charge is 0.397 e. The van der Waals surface area contributed by atoms with Gasteiger partial charge in [0.05, 0.1) is 11.9 Å². The number of hydrogen-bond acceptors (Lipinski definition) is 5. The van der Waals surface area contributed by atoms with E-state index in [1.54, 1.807) is 12.1 Å². The van der Waals surface area contributed by atoms with Gasteiger partial charge in [-0.1, -0.05) is 5.16 Å². The molecule has 0 aliphatic rings. The number of nitrogens with one attached hydrogen (secondary N) is 1. The second-order valence-corrected chi connectivity index (χ2v) is 2.81. The summed E-state index contributed by atoms with van der Waals surface area (Å²) in [6.45, 7) is 0. The number of amides is 1. The molecule has 0 aliphatic carbocycles. The lowest BCUT2D eigenvalue weighted by Crippen LogP contribution is -2.15. The first-order valence-corrected chi connectivity index (χ1v) is 4.18. The predicted octanol–water partition coefficient (Wildman–Crippen LogP) is 0.904. The lowest BCUT2D eigenvalue weighted by Gasteiger charge is -2.02. The monoisotopic (exact) mass is 204 g/mol. The van der Waals surface area contributed by atoms with Crippen LogP contribution < -0.4 is 11.1 Å². The molecule has 15 heavy (non-hydrogen) atoms. The third kappa shape index (κ3) is 1.93. The van der Waals surface area contributed by atoms with Crippen molar-refractivity contribution in [3.63, 3.8) is 0 Å². The molecule has 76 valence electrons. The summed E-state index contributed by atoms with van der Waals surface area (Å²) in [5.74, 6) is -0.392. The first-order chi connectivity index (χ1) is 7.27. The Morgan fingerprint density at radius 3 is 3.07 bits per heavy atom. The summed E-state index contributed by atoms with van der Waals surface area (Å²) in [6.07, 6.45) is 4.20. The molecule has 0 atom stereocenters. The molecule has 0 fully saturated rings. The van der Waals surface area contributed by atoms with Gasteiger partial charge in [-0.15, -0.1) is 0 Å². The topological polar surface area (TPSA) is 94.0 Å². The van der Waals surface area contributed by atoms with Gasteiger partial charge in [0.1, 0.15) is 12.0 Å². The first kappa shape index (κ1) is 9.20. The molecule has 0 saturated heterocycles. The van der Waals surface area contributed by atoms with E-state index in [-0.39, 0.29) is 5.69 Å². The third-order valence-electron chi connectivity index (χ3n) is 1.74. The van der Waals surface area contributed by atoms with Crippen molar-refractivity contribution in [3.8, 4) is 0 Å². The van der Waals surface area contributed by atoms with Crippen molar-refractivity contribution >= 4 is 17.3 Å². The van der Waals surface area contributed by atoms with Gasteiger partial charge >= 0.3 is 0 Å². The average molecular weight is 204 g/mol. The molecule has 6 nitrogen and oxygen atoms in total. The zero-order valence-electron chi connectivity index (χ0n) is 7.68. The Bertz CT molecular complexity index is 467. The Labute approximate surface area is 85.1 Å². The second kappa shape index (κ2) is 3.79. The summed E-state index contributed by atoms with van der Waals surface area (Å²) < 4.78 is 4.57. The fourth-order valence-corrected chi connectivity index (χ4v) is 1.06. The SMILES string of the molecule is Nc1cccnc1C(=O)Nc1cnoc1. The van der Waals surface area contributed by atoms with Gasteiger partial charge in [0, 0.05) is 6.20 Å². The van der Waals surface area contributed by atoms with Crippen molar-refractivity contribution in [2.24, 2.45) is 0 Å². The van der Waals surface area contributed by atoms with E-state index in [0.717, 1.165) is 0 Å². The Hall–Kier alpha value is -2.37. The minimum Gasteiger partial charge on any atom is -0.397 e. The van der Waals surface area contributed by atoms with Gasteiger partial charge in [-0.3, -0.25) is 4.79 Å². The van der Waals surface area contributed by atoms with E-state index in [1.165, 1.54) is 18.7 Å². The van der Waals surface area contributed by atoms with Crippen LogP contribution >= 0.6 is 0 Å². The van der Waals surface area contributed by atoms with Crippen molar-refractivity contribution < 1.29 is 9.32 Å². The first-order valence-electron chi connectivity index (χ1n) is 4.18. The van der Waals surface area contributed by atoms with E-state index < -0.39 is 5.91 Å². The number of nitrogen functional groups attached to an aromatic ring is 1. The van der Waals surface area contributed by atoms with E-state index in [4.69, 9.17) is 5.73 Å². The average Bonchev–Trinajstić information content (AvgIpc) is 2.71. The van der Waals surface area contributed by atoms with Crippen molar-refractivity contribution in [1.29, 1.82) is 0 Å². The highest BCUT2D eigenvalue weighted by atomic mass is 16.5. The van der Waals surface area contributed by atoms with Crippen LogP contribution in [0.3, 0.4) is 0 Å². The molecule has 2 aromatic heterocycles. The Morgan fingerprint density at radius 1 is 1.53 bits per heavy atom. The molecule has 0 aromatic carbocycles. The maximum absolute atomic E-state index is 11.6. The maximum atomic E-state index is 11.6. The summed E-state index contributed by atoms with van der Waals surface area (Å²) in [4.78, 5) is 15.5. The van der Waals surface area contributed by atoms with E-state index in [2.05, 4.69) is 20.0 Å². The van der Waals surface area contributed by atoms with Crippen molar-refractivity contribution in [2.75, 3.05) is 11.1 Å². The zero-order valence-corrected chi connectivity index (χ0v) is 7.68. The van der Waals surface area contributed by atoms with Gasteiger partial charge in [0.15, 0.2) is 5.69 Å². The molecule has 0 aliphatic heterocycles. The van der Waals surface area contributed by atoms with Gasteiger partial charge in [-0.25, -0.2) is 4.98 Å². The molecule has 0 spiro atoms. The van der Waals surface area contributed by atoms with E-state index in [9.17, 15) is 4.79 Å². The van der Waals surface area contributed by atoms with Gasteiger partial charge in [-0.05, 0) is 12.1 Å². The Morgan fingerprint density at radius 2 is 2.40 bits per heavy atom. The van der Waals surface area contributed by atoms with Crippen LogP contribution in [0.5, 0.6) is 0 Å². The van der Waals surface area contributed by atoms with Crippen LogP contribution in [0.2, 0.25) is 0 Å². The Balaban J connectivity index is 2.19. The van der Waals surface area contributed by atoms with Crippen molar-refractivity contribution in [1.82, 2.24) is 10.1 Å². The molecule has 0 radical (unpaired) electrons. The highest BCUT2D eigenvalue weighted by Gasteiger charge is 2.11. The van der Waals surface area contributed by atoms with Crippen LogP contribution in [0.1, 0.15) is 10.5 Å². The molecule has 3 N–H and O–H groups in total. The van der Waals surface area contributed by atoms with E-state index in [0.29, 0.717) is 11.4 Å². The van der Waals surface area contributed by atoms with Gasteiger partial charge < -0.3 is 15.6 Å². The lowest BCUT2D eigenvalue weighted by atomic mass is 10.3. The van der Waals surface area contributed by atoms with Crippen LogP contribution in [0.15, 0.2) is 35.3 Å². The molecular formula is C9H8N4O2. The van der Waals surface area contributed by atoms with Crippen LogP contribution in [-0.2, 0) is 0 Å². The zero-order chi connectivity index (χ0) is 10.7. The fraction of sp³-hybridized carbons (Fsp3) is 0. The summed E-state index contributed by atoms with van der Waals surface area (Å²) in [5, 5.41) is 5.99. The highest BCUT2D eigenvalue weighted by Crippen LogP contribution is 2.10. The molecule has 2 aromatic rings. The minimum atomic E-state index is -0.392. The molecule has 2 rings (SSSR count). The number of carbonyl (C=O) groups is 1. The molecule has 0 saturated carbocycles. The molecule has 0 unspecified atom stereocenters. The number of nitrogens with two attached hydrogens (primary N) is 1. The number of aromatic nitrogens is 2. The molecular weight excluding hydrogens is 196 g/mol. The van der Waals surface area contributed by atoms with Crippen molar-refractivity contribution in [3.05, 3.63) is 36.5 Å². The van der Waals surface area contributed by atoms with Gasteiger partial charge in [-0.2, -0.15) is 0 Å². The number of rotatable bonds is 2. The van der Waals surface area contributed by atoms with Gasteiger partial charge in [0.25, 0.3) is 5.91 Å². The minimum absolute atomic E-state index is 0.179. The summed E-state index contributed by atoms with van der Waals surface area (Å²) in [5.41, 5.74) is 6.56. The normalized spacial score (nSPS) is 9.87. The predicted molar refractivity (Wildman–Crippen MR) is 53.1 cm³/mol. The highest BCUT2D eigenvalue weighted by molar-refractivity contribution is 6.05. The Kier molecular flexibility index (Phi) is 2.32. The second-order valence-electron chi connectivity index (χ2n) is 2.81. The summed E-state index contributed by atoms with van der Waals surface area (Å²) in [7, 11) is 0. The van der Waals surface area contributed by atoms with Crippen molar-refractivity contribution in [2.45, 2.75) is 0 Å². The quantitative estimate of drug-likeness (QED) is 0.758. The van der Waals surface area contributed by atoms with Crippen LogP contribution in [0.25, 0.3) is 0 Å². The number of carbonyl (C=O) groups excluding carboxylic acids is 1. The standard InChI is InChI=1S/C9H8N4O2/c10-7-2-1-3-11-8(7)9(14)13-6-4-12-15-5-6/h1-5H,10H2,(H,13,14). The molecule has 0 bridgehead atoms. The van der Waals surface area contributed by atoms with Crippen LogP contribution in [-0.4, -0.2) is 16.0 Å². The fourth-order valence-electron chi connectivity index (χ4n) is 1.06. The molecule has 1 amide bonds. The van der Waals surface area contributed by atoms with E-state index in [1.807, 2.05) is 0 Å². The molecule has 6 heteroatoms. The number of pyridine rings is 1. The molecule has 2 heterocycles. The van der Waals surface area contributed by atoms with Crippen LogP contribution in [0.4, 0.5) is 11.4 Å². The van der Waals surface area contributed by atoms with Crippen LogP contribution in [0, 0.1) is 0 Å². The summed E-state index contributed by atoms with van der Waals surface area (Å²) in [6, 6.07) is 3.26. The number of anilines is 2. The number of nitrogens with zero attached hydrogens (tertiary/aromatic N) is 2. The smallest absolute Gasteiger partial charge is 0.276 e. The van der Waals surface area contributed by atoms with Gasteiger partial charge in [0.2, 0.25) is 0 Å². The van der Waals surface area contributed by atoms with E-state index >= 15 is 0 Å². The summed E-state index contributed by atoms with van der Waals surface area (Å²) >= 11 is 0. The lowest BCUT2D eigenvalue weighted by molar-refractivity contribution is 0.102. The maximum Gasteiger partial charge on any atom is 0.276 e. The number of hydrogen-bond donors (Lipinski definition) is 2.